The van der Waals surface area contributed by atoms with E-state index in [0.717, 1.165) is 25.1 Å². The number of aromatic nitrogens is 1. The quantitative estimate of drug-likeness (QED) is 0.646. The van der Waals surface area contributed by atoms with Gasteiger partial charge in [-0.1, -0.05) is 30.3 Å². The van der Waals surface area contributed by atoms with Crippen LogP contribution >= 0.6 is 0 Å². The molecule has 3 rings (SSSR count). The Labute approximate surface area is 140 Å². The number of furan rings is 1. The van der Waals surface area contributed by atoms with Crippen LogP contribution in [0.4, 0.5) is 11.5 Å². The van der Waals surface area contributed by atoms with Crippen LogP contribution in [0.3, 0.4) is 0 Å². The Morgan fingerprint density at radius 2 is 1.92 bits per heavy atom. The zero-order valence-corrected chi connectivity index (χ0v) is 13.2. The molecule has 0 spiro atoms. The largest absolute Gasteiger partial charge is 0.459 e. The van der Waals surface area contributed by atoms with Crippen molar-refractivity contribution in [3.8, 4) is 0 Å². The van der Waals surface area contributed by atoms with Crippen molar-refractivity contribution < 1.29 is 9.21 Å². The van der Waals surface area contributed by atoms with Crippen LogP contribution in [-0.4, -0.2) is 17.4 Å². The number of pyridine rings is 1. The van der Waals surface area contributed by atoms with Gasteiger partial charge in [-0.05, 0) is 42.7 Å². The number of nitrogens with one attached hydrogen (secondary N) is 2. The van der Waals surface area contributed by atoms with Crippen molar-refractivity contribution in [3.63, 3.8) is 0 Å². The molecule has 0 fully saturated rings. The van der Waals surface area contributed by atoms with E-state index in [0.29, 0.717) is 5.82 Å². The lowest BCUT2D eigenvalue weighted by molar-refractivity contribution is 0.0996. The maximum atomic E-state index is 11.8. The lowest BCUT2D eigenvalue weighted by Gasteiger charge is -2.07. The summed E-state index contributed by atoms with van der Waals surface area (Å²) in [6.07, 6.45) is 5.25. The maximum Gasteiger partial charge on any atom is 0.292 e. The van der Waals surface area contributed by atoms with Crippen LogP contribution in [-0.2, 0) is 6.42 Å². The van der Waals surface area contributed by atoms with Gasteiger partial charge in [-0.25, -0.2) is 4.98 Å². The third kappa shape index (κ3) is 4.46. The molecule has 122 valence electrons. The molecule has 24 heavy (non-hydrogen) atoms. The average Bonchev–Trinajstić information content (AvgIpc) is 3.16. The molecule has 0 bridgehead atoms. The summed E-state index contributed by atoms with van der Waals surface area (Å²) in [5.74, 6) is 0.446. The smallest absolute Gasteiger partial charge is 0.292 e. The molecular weight excluding hydrogens is 302 g/mol. The first kappa shape index (κ1) is 15.8. The summed E-state index contributed by atoms with van der Waals surface area (Å²) in [7, 11) is 0. The minimum Gasteiger partial charge on any atom is -0.459 e. The minimum atomic E-state index is -0.309. The third-order valence-corrected chi connectivity index (χ3v) is 3.56. The number of hydrogen-bond acceptors (Lipinski definition) is 4. The Bertz CT molecular complexity index is 753. The molecule has 0 saturated carbocycles. The molecule has 5 nitrogen and oxygen atoms in total. The van der Waals surface area contributed by atoms with Crippen molar-refractivity contribution in [2.24, 2.45) is 0 Å². The monoisotopic (exact) mass is 321 g/mol. The van der Waals surface area contributed by atoms with Crippen molar-refractivity contribution in [1.82, 2.24) is 4.98 Å². The second kappa shape index (κ2) is 7.97. The highest BCUT2D eigenvalue weighted by Crippen LogP contribution is 2.12. The first-order valence-electron chi connectivity index (χ1n) is 7.90. The summed E-state index contributed by atoms with van der Waals surface area (Å²) < 4.78 is 5.04. The van der Waals surface area contributed by atoms with Gasteiger partial charge in [0.05, 0.1) is 18.1 Å². The van der Waals surface area contributed by atoms with Gasteiger partial charge in [-0.3, -0.25) is 4.79 Å². The second-order valence-electron chi connectivity index (χ2n) is 5.38. The van der Waals surface area contributed by atoms with Gasteiger partial charge in [0.25, 0.3) is 5.91 Å². The number of hydrogen-bond donors (Lipinski definition) is 2. The Balaban J connectivity index is 1.44. The van der Waals surface area contributed by atoms with Gasteiger partial charge in [-0.15, -0.1) is 0 Å². The lowest BCUT2D eigenvalue weighted by atomic mass is 10.1. The molecule has 0 atom stereocenters. The predicted octanol–water partition coefficient (Wildman–Crippen LogP) is 3.97. The molecule has 2 heterocycles. The fourth-order valence-electron chi connectivity index (χ4n) is 2.33. The summed E-state index contributed by atoms with van der Waals surface area (Å²) in [6, 6.07) is 17.4. The molecular formula is C19H19N3O2. The van der Waals surface area contributed by atoms with Crippen LogP contribution < -0.4 is 10.6 Å². The molecule has 1 amide bonds. The molecule has 5 heteroatoms. The van der Waals surface area contributed by atoms with E-state index in [1.54, 1.807) is 24.4 Å². The van der Waals surface area contributed by atoms with E-state index in [4.69, 9.17) is 4.42 Å². The zero-order valence-electron chi connectivity index (χ0n) is 13.2. The number of rotatable bonds is 7. The first-order chi connectivity index (χ1) is 11.8. The number of carbonyl (C=O) groups excluding carboxylic acids is 1. The van der Waals surface area contributed by atoms with Crippen LogP contribution in [0, 0.1) is 0 Å². The maximum absolute atomic E-state index is 11.8. The second-order valence-corrected chi connectivity index (χ2v) is 5.38. The molecule has 0 aliphatic heterocycles. The molecule has 0 radical (unpaired) electrons. The molecule has 3 aromatic rings. The molecule has 0 aliphatic carbocycles. The van der Waals surface area contributed by atoms with Gasteiger partial charge < -0.3 is 15.1 Å². The fraction of sp³-hybridized carbons (Fsp3) is 0.158. The van der Waals surface area contributed by atoms with Crippen molar-refractivity contribution in [3.05, 3.63) is 78.4 Å². The normalized spacial score (nSPS) is 10.3. The van der Waals surface area contributed by atoms with Crippen LogP contribution in [0.1, 0.15) is 22.5 Å². The third-order valence-electron chi connectivity index (χ3n) is 3.56. The molecule has 2 aromatic heterocycles. The van der Waals surface area contributed by atoms with Crippen molar-refractivity contribution in [2.45, 2.75) is 12.8 Å². The van der Waals surface area contributed by atoms with Crippen LogP contribution in [0.25, 0.3) is 0 Å². The zero-order chi connectivity index (χ0) is 16.6. The van der Waals surface area contributed by atoms with Gasteiger partial charge in [-0.2, -0.15) is 0 Å². The Hall–Kier alpha value is -3.08. The Morgan fingerprint density at radius 3 is 2.62 bits per heavy atom. The van der Waals surface area contributed by atoms with Crippen LogP contribution in [0.2, 0.25) is 0 Å². The van der Waals surface area contributed by atoms with Gasteiger partial charge in [0.1, 0.15) is 5.82 Å². The van der Waals surface area contributed by atoms with Gasteiger partial charge in [0.15, 0.2) is 5.76 Å². The number of benzene rings is 1. The van der Waals surface area contributed by atoms with E-state index >= 15 is 0 Å². The van der Waals surface area contributed by atoms with Crippen LogP contribution in [0.5, 0.6) is 0 Å². The number of aryl methyl sites for hydroxylation is 1. The van der Waals surface area contributed by atoms with E-state index in [-0.39, 0.29) is 11.7 Å². The number of nitrogens with zero attached hydrogens (tertiary/aromatic N) is 1. The standard InChI is InChI=1S/C19H19N3O2/c23-19(17-9-5-13-24-17)22-18-11-10-16(14-21-18)20-12-4-8-15-6-2-1-3-7-15/h1-3,5-7,9-11,13-14,20H,4,8,12H2,(H,21,22,23). The van der Waals surface area contributed by atoms with Crippen molar-refractivity contribution in [2.75, 3.05) is 17.2 Å². The molecule has 0 unspecified atom stereocenters. The van der Waals surface area contributed by atoms with Crippen molar-refractivity contribution >= 4 is 17.4 Å². The summed E-state index contributed by atoms with van der Waals surface area (Å²) in [5, 5.41) is 6.02. The Morgan fingerprint density at radius 1 is 1.04 bits per heavy atom. The van der Waals surface area contributed by atoms with Gasteiger partial charge in [0, 0.05) is 6.54 Å². The van der Waals surface area contributed by atoms with Gasteiger partial charge in [0.2, 0.25) is 0 Å². The van der Waals surface area contributed by atoms with Crippen molar-refractivity contribution in [1.29, 1.82) is 0 Å². The summed E-state index contributed by atoms with van der Waals surface area (Å²) >= 11 is 0. The number of carbonyl (C=O) groups is 1. The first-order valence-corrected chi connectivity index (χ1v) is 7.90. The summed E-state index contributed by atoms with van der Waals surface area (Å²) in [6.45, 7) is 0.870. The van der Waals surface area contributed by atoms with Crippen LogP contribution in [0.15, 0.2) is 71.5 Å². The highest BCUT2D eigenvalue weighted by atomic mass is 16.3. The van der Waals surface area contributed by atoms with E-state index < -0.39 is 0 Å². The number of anilines is 2. The molecule has 2 N–H and O–H groups in total. The van der Waals surface area contributed by atoms with E-state index in [1.807, 2.05) is 12.1 Å². The molecule has 0 saturated heterocycles. The predicted molar refractivity (Wildman–Crippen MR) is 94.2 cm³/mol. The molecule has 1 aromatic carbocycles. The minimum absolute atomic E-state index is 0.264. The van der Waals surface area contributed by atoms with Gasteiger partial charge >= 0.3 is 0 Å². The number of amides is 1. The van der Waals surface area contributed by atoms with E-state index in [2.05, 4.69) is 39.9 Å². The summed E-state index contributed by atoms with van der Waals surface area (Å²) in [4.78, 5) is 16.1. The fourth-order valence-corrected chi connectivity index (χ4v) is 2.33. The molecule has 0 aliphatic rings. The summed E-state index contributed by atoms with van der Waals surface area (Å²) in [5.41, 5.74) is 2.27. The van der Waals surface area contributed by atoms with E-state index in [1.165, 1.54) is 11.8 Å². The highest BCUT2D eigenvalue weighted by molar-refractivity contribution is 6.01. The lowest BCUT2D eigenvalue weighted by Crippen LogP contribution is -2.12. The average molecular weight is 321 g/mol. The highest BCUT2D eigenvalue weighted by Gasteiger charge is 2.08. The SMILES string of the molecule is O=C(Nc1ccc(NCCCc2ccccc2)cn1)c1ccco1. The Kier molecular flexibility index (Phi) is 5.24. The topological polar surface area (TPSA) is 67.2 Å². The van der Waals surface area contributed by atoms with E-state index in [9.17, 15) is 4.79 Å².